The highest BCUT2D eigenvalue weighted by atomic mass is 32.1. The summed E-state index contributed by atoms with van der Waals surface area (Å²) in [4.78, 5) is 24.9. The number of nitrogens with two attached hydrogens (primary N) is 2. The Morgan fingerprint density at radius 2 is 2.19 bits per heavy atom. The van der Waals surface area contributed by atoms with E-state index in [-0.39, 0.29) is 35.5 Å². The number of pyridine rings is 2. The van der Waals surface area contributed by atoms with E-state index >= 15 is 0 Å². The zero-order chi connectivity index (χ0) is 19.4. The highest BCUT2D eigenvalue weighted by molar-refractivity contribution is 7.80. The van der Waals surface area contributed by atoms with Crippen LogP contribution in [0, 0.1) is 0 Å². The number of aliphatic imine (C=N–C) groups is 1. The largest absolute Gasteiger partial charge is 0.389 e. The molecule has 10 heteroatoms. The third-order valence-corrected chi connectivity index (χ3v) is 4.22. The average Bonchev–Trinajstić information content (AvgIpc) is 2.68. The number of hydrogen-bond donors (Lipinski definition) is 3. The van der Waals surface area contributed by atoms with Crippen molar-refractivity contribution in [3.05, 3.63) is 53.5 Å². The predicted molar refractivity (Wildman–Crippen MR) is 102 cm³/mol. The highest BCUT2D eigenvalue weighted by Crippen LogP contribution is 2.30. The van der Waals surface area contributed by atoms with Crippen molar-refractivity contribution in [3.8, 4) is 0 Å². The van der Waals surface area contributed by atoms with Gasteiger partial charge < -0.3 is 21.5 Å². The number of carbonyl (C=O) groups is 1. The lowest BCUT2D eigenvalue weighted by Gasteiger charge is -2.31. The first-order valence-corrected chi connectivity index (χ1v) is 8.36. The summed E-state index contributed by atoms with van der Waals surface area (Å²) in [5.41, 5.74) is 11.2. The van der Waals surface area contributed by atoms with Crippen LogP contribution in [0.15, 0.2) is 41.7 Å². The van der Waals surface area contributed by atoms with Crippen LogP contribution in [0.1, 0.15) is 21.6 Å². The second-order valence-electron chi connectivity index (χ2n) is 5.94. The minimum absolute atomic E-state index is 0.0453. The lowest BCUT2D eigenvalue weighted by molar-refractivity contribution is 0.0827. The maximum atomic E-state index is 13.8. The summed E-state index contributed by atoms with van der Waals surface area (Å²) in [5, 5.41) is 2.62. The summed E-state index contributed by atoms with van der Waals surface area (Å²) in [7, 11) is 0. The number of nitrogens with zero attached hydrogens (tertiary/aromatic N) is 3. The SMILES string of the molecule is NC(=S)c1ccc(C(=O)Nc2cc(C3(CF)COCC(N)=N3)ccn2)nc1. The number of anilines is 1. The molecule has 1 amide bonds. The maximum absolute atomic E-state index is 13.8. The molecule has 0 saturated carbocycles. The first-order chi connectivity index (χ1) is 12.9. The van der Waals surface area contributed by atoms with E-state index in [4.69, 9.17) is 28.4 Å². The molecular formula is C17H17FN6O2S. The van der Waals surface area contributed by atoms with Gasteiger partial charge in [0.15, 0.2) is 0 Å². The van der Waals surface area contributed by atoms with Gasteiger partial charge in [0.1, 0.15) is 41.2 Å². The van der Waals surface area contributed by atoms with Gasteiger partial charge in [-0.1, -0.05) is 12.2 Å². The fraction of sp³-hybridized carbons (Fsp3) is 0.235. The van der Waals surface area contributed by atoms with Gasteiger partial charge in [0.05, 0.1) is 6.61 Å². The normalized spacial score (nSPS) is 19.2. The molecule has 0 spiro atoms. The Bertz CT molecular complexity index is 905. The number of ether oxygens (including phenoxy) is 1. The van der Waals surface area contributed by atoms with Gasteiger partial charge in [0.25, 0.3) is 5.91 Å². The summed E-state index contributed by atoms with van der Waals surface area (Å²) in [6, 6.07) is 6.24. The van der Waals surface area contributed by atoms with Crippen LogP contribution < -0.4 is 16.8 Å². The Balaban J connectivity index is 1.82. The number of amides is 1. The number of rotatable bonds is 5. The van der Waals surface area contributed by atoms with Crippen molar-refractivity contribution < 1.29 is 13.9 Å². The molecule has 0 fully saturated rings. The van der Waals surface area contributed by atoms with Crippen molar-refractivity contribution in [1.82, 2.24) is 9.97 Å². The minimum Gasteiger partial charge on any atom is -0.389 e. The van der Waals surface area contributed by atoms with Gasteiger partial charge in [-0.15, -0.1) is 0 Å². The van der Waals surface area contributed by atoms with Crippen molar-refractivity contribution in [3.63, 3.8) is 0 Å². The molecule has 1 atom stereocenters. The van der Waals surface area contributed by atoms with Crippen LogP contribution in [-0.2, 0) is 10.3 Å². The number of nitrogens with one attached hydrogen (secondary N) is 1. The zero-order valence-electron chi connectivity index (χ0n) is 14.2. The van der Waals surface area contributed by atoms with E-state index in [1.165, 1.54) is 24.5 Å². The van der Waals surface area contributed by atoms with Crippen LogP contribution in [0.3, 0.4) is 0 Å². The van der Waals surface area contributed by atoms with Gasteiger partial charge in [-0.05, 0) is 29.8 Å². The summed E-state index contributed by atoms with van der Waals surface area (Å²) in [5.74, 6) is -0.0420. The van der Waals surface area contributed by atoms with Crippen molar-refractivity contribution in [1.29, 1.82) is 0 Å². The summed E-state index contributed by atoms with van der Waals surface area (Å²) >= 11 is 4.85. The van der Waals surface area contributed by atoms with E-state index < -0.39 is 18.1 Å². The zero-order valence-corrected chi connectivity index (χ0v) is 15.0. The molecule has 0 aromatic carbocycles. The van der Waals surface area contributed by atoms with Gasteiger partial charge in [-0.2, -0.15) is 0 Å². The standard InChI is InChI=1S/C17H17FN6O2S/c18-8-17(9-26-7-13(19)24-17)11-3-4-21-14(5-11)23-16(25)12-2-1-10(6-22-12)15(20)27/h1-6H,7-9H2,(H2,19,24)(H2,20,27)(H,21,23,25). The molecule has 3 rings (SSSR count). The Kier molecular flexibility index (Phi) is 5.38. The number of amidine groups is 1. The van der Waals surface area contributed by atoms with Crippen LogP contribution >= 0.6 is 12.2 Å². The highest BCUT2D eigenvalue weighted by Gasteiger charge is 2.36. The molecule has 0 aliphatic carbocycles. The van der Waals surface area contributed by atoms with Crippen LogP contribution in [0.5, 0.6) is 0 Å². The quantitative estimate of drug-likeness (QED) is 0.650. The van der Waals surface area contributed by atoms with Gasteiger partial charge in [-0.3, -0.25) is 14.8 Å². The molecule has 1 aliphatic heterocycles. The molecular weight excluding hydrogens is 371 g/mol. The van der Waals surface area contributed by atoms with Crippen molar-refractivity contribution in [2.45, 2.75) is 5.54 Å². The smallest absolute Gasteiger partial charge is 0.275 e. The topological polar surface area (TPSA) is 129 Å². The summed E-state index contributed by atoms with van der Waals surface area (Å²) < 4.78 is 19.1. The van der Waals surface area contributed by atoms with Crippen LogP contribution in [0.25, 0.3) is 0 Å². The van der Waals surface area contributed by atoms with E-state index in [0.717, 1.165) is 0 Å². The van der Waals surface area contributed by atoms with Gasteiger partial charge in [0, 0.05) is 18.0 Å². The summed E-state index contributed by atoms with van der Waals surface area (Å²) in [6.07, 6.45) is 2.86. The number of halogens is 1. The molecule has 1 aliphatic rings. The number of aromatic nitrogens is 2. The predicted octanol–water partition coefficient (Wildman–Crippen LogP) is 0.915. The fourth-order valence-corrected chi connectivity index (χ4v) is 2.72. The minimum atomic E-state index is -1.25. The van der Waals surface area contributed by atoms with Crippen molar-refractivity contribution in [2.75, 3.05) is 25.2 Å². The molecule has 8 nitrogen and oxygen atoms in total. The van der Waals surface area contributed by atoms with Crippen LogP contribution in [0.2, 0.25) is 0 Å². The lowest BCUT2D eigenvalue weighted by Crippen LogP contribution is -2.41. The molecule has 140 valence electrons. The Morgan fingerprint density at radius 1 is 1.37 bits per heavy atom. The number of thiocarbonyl (C=S) groups is 1. The molecule has 5 N–H and O–H groups in total. The number of carbonyl (C=O) groups excluding carboxylic acids is 1. The van der Waals surface area contributed by atoms with Crippen LogP contribution in [0.4, 0.5) is 10.2 Å². The molecule has 0 radical (unpaired) electrons. The second kappa shape index (κ2) is 7.72. The molecule has 2 aromatic rings. The molecule has 0 bridgehead atoms. The van der Waals surface area contributed by atoms with E-state index in [2.05, 4.69) is 20.3 Å². The van der Waals surface area contributed by atoms with Gasteiger partial charge in [-0.25, -0.2) is 9.37 Å². The Morgan fingerprint density at radius 3 is 2.81 bits per heavy atom. The van der Waals surface area contributed by atoms with Gasteiger partial charge >= 0.3 is 0 Å². The second-order valence-corrected chi connectivity index (χ2v) is 6.38. The number of alkyl halides is 1. The molecule has 1 unspecified atom stereocenters. The molecule has 0 saturated heterocycles. The van der Waals surface area contributed by atoms with E-state index in [1.54, 1.807) is 12.1 Å². The average molecular weight is 388 g/mol. The van der Waals surface area contributed by atoms with E-state index in [9.17, 15) is 9.18 Å². The molecule has 27 heavy (non-hydrogen) atoms. The monoisotopic (exact) mass is 388 g/mol. The lowest BCUT2D eigenvalue weighted by atomic mass is 9.92. The third kappa shape index (κ3) is 4.07. The fourth-order valence-electron chi connectivity index (χ4n) is 2.60. The Hall–Kier alpha value is -2.98. The first-order valence-electron chi connectivity index (χ1n) is 7.95. The Labute approximate surface area is 159 Å². The first kappa shape index (κ1) is 18.8. The molecule has 2 aromatic heterocycles. The van der Waals surface area contributed by atoms with Crippen molar-refractivity contribution in [2.24, 2.45) is 16.5 Å². The molecule has 3 heterocycles. The maximum Gasteiger partial charge on any atom is 0.275 e. The van der Waals surface area contributed by atoms with E-state index in [1.807, 2.05) is 0 Å². The van der Waals surface area contributed by atoms with Crippen molar-refractivity contribution >= 4 is 34.8 Å². The van der Waals surface area contributed by atoms with Crippen LogP contribution in [-0.4, -0.2) is 46.6 Å². The summed E-state index contributed by atoms with van der Waals surface area (Å²) in [6.45, 7) is -0.596. The van der Waals surface area contributed by atoms with E-state index in [0.29, 0.717) is 11.1 Å². The number of hydrogen-bond acceptors (Lipinski definition) is 7. The van der Waals surface area contributed by atoms with Gasteiger partial charge in [0.2, 0.25) is 0 Å². The third-order valence-electron chi connectivity index (χ3n) is 3.99.